The summed E-state index contributed by atoms with van der Waals surface area (Å²) in [6, 6.07) is 7.63. The number of nitrogens with one attached hydrogen (secondary N) is 1. The minimum Gasteiger partial charge on any atom is -0.336 e. The summed E-state index contributed by atoms with van der Waals surface area (Å²) in [5.41, 5.74) is 1.93. The number of halogens is 1. The lowest BCUT2D eigenvalue weighted by atomic mass is 9.82. The van der Waals surface area contributed by atoms with Crippen molar-refractivity contribution in [3.05, 3.63) is 42.1 Å². The van der Waals surface area contributed by atoms with Crippen molar-refractivity contribution < 1.29 is 4.39 Å². The van der Waals surface area contributed by atoms with Crippen LogP contribution in [-0.4, -0.2) is 15.6 Å². The standard InChI is InChI=1S/C23H32FN3/c1-27-16-21(17-12-14-19(24)15-13-17)26-23(27)22(18-8-4-2-5-9-18)25-20-10-6-3-7-11-20/h12-16,18,20,22,25H,2-11H2,1H3/t22-/m0/s1. The first-order valence-electron chi connectivity index (χ1n) is 10.8. The normalized spacial score (nSPS) is 20.7. The number of benzene rings is 1. The molecule has 4 rings (SSSR count). The molecule has 0 saturated heterocycles. The lowest BCUT2D eigenvalue weighted by Crippen LogP contribution is -2.39. The van der Waals surface area contributed by atoms with Crippen LogP contribution < -0.4 is 5.32 Å². The highest BCUT2D eigenvalue weighted by Crippen LogP contribution is 2.36. The molecular formula is C23H32FN3. The van der Waals surface area contributed by atoms with Crippen molar-refractivity contribution in [1.29, 1.82) is 0 Å². The van der Waals surface area contributed by atoms with E-state index in [1.165, 1.54) is 76.3 Å². The summed E-state index contributed by atoms with van der Waals surface area (Å²) < 4.78 is 15.5. The average Bonchev–Trinajstić information content (AvgIpc) is 3.09. The van der Waals surface area contributed by atoms with Gasteiger partial charge in [0.1, 0.15) is 11.6 Å². The number of nitrogens with zero attached hydrogens (tertiary/aromatic N) is 2. The summed E-state index contributed by atoms with van der Waals surface area (Å²) in [4.78, 5) is 5.03. The van der Waals surface area contributed by atoms with Gasteiger partial charge in [0.25, 0.3) is 0 Å². The van der Waals surface area contributed by atoms with Crippen LogP contribution in [-0.2, 0) is 7.05 Å². The highest BCUT2D eigenvalue weighted by atomic mass is 19.1. The SMILES string of the molecule is Cn1cc(-c2ccc(F)cc2)nc1[C@@H](NC1CCCCC1)C1CCCCC1. The Hall–Kier alpha value is -1.68. The number of hydrogen-bond donors (Lipinski definition) is 1. The summed E-state index contributed by atoms with van der Waals surface area (Å²) in [6.45, 7) is 0. The zero-order valence-electron chi connectivity index (χ0n) is 16.5. The summed E-state index contributed by atoms with van der Waals surface area (Å²) in [5, 5.41) is 4.01. The van der Waals surface area contributed by atoms with Gasteiger partial charge in [-0.3, -0.25) is 0 Å². The van der Waals surface area contributed by atoms with Crippen molar-refractivity contribution in [2.24, 2.45) is 13.0 Å². The molecule has 0 spiro atoms. The lowest BCUT2D eigenvalue weighted by molar-refractivity contribution is 0.224. The molecule has 0 unspecified atom stereocenters. The first-order valence-corrected chi connectivity index (χ1v) is 10.8. The molecule has 4 heteroatoms. The van der Waals surface area contributed by atoms with Crippen LogP contribution in [0.5, 0.6) is 0 Å². The summed E-state index contributed by atoms with van der Waals surface area (Å²) in [7, 11) is 2.10. The van der Waals surface area contributed by atoms with Gasteiger partial charge >= 0.3 is 0 Å². The van der Waals surface area contributed by atoms with E-state index in [2.05, 4.69) is 23.1 Å². The van der Waals surface area contributed by atoms with Gasteiger partial charge in [-0.1, -0.05) is 38.5 Å². The van der Waals surface area contributed by atoms with Crippen LogP contribution >= 0.6 is 0 Å². The molecule has 27 heavy (non-hydrogen) atoms. The molecule has 0 bridgehead atoms. The second-order valence-electron chi connectivity index (χ2n) is 8.48. The molecule has 1 aromatic heterocycles. The van der Waals surface area contributed by atoms with Gasteiger partial charge in [0.2, 0.25) is 0 Å². The molecule has 1 N–H and O–H groups in total. The van der Waals surface area contributed by atoms with Gasteiger partial charge in [0.15, 0.2) is 0 Å². The molecule has 0 amide bonds. The first-order chi connectivity index (χ1) is 13.2. The minimum absolute atomic E-state index is 0.200. The fourth-order valence-corrected chi connectivity index (χ4v) is 4.94. The maximum absolute atomic E-state index is 13.3. The van der Waals surface area contributed by atoms with Gasteiger partial charge in [0.05, 0.1) is 11.7 Å². The van der Waals surface area contributed by atoms with Crippen molar-refractivity contribution in [1.82, 2.24) is 14.9 Å². The van der Waals surface area contributed by atoms with Crippen LogP contribution in [0.4, 0.5) is 4.39 Å². The Labute approximate surface area is 162 Å². The van der Waals surface area contributed by atoms with Crippen LogP contribution in [0, 0.1) is 11.7 Å². The third-order valence-electron chi connectivity index (χ3n) is 6.47. The number of imidazole rings is 1. The lowest BCUT2D eigenvalue weighted by Gasteiger charge is -2.35. The van der Waals surface area contributed by atoms with Crippen molar-refractivity contribution in [2.75, 3.05) is 0 Å². The predicted octanol–water partition coefficient (Wildman–Crippen LogP) is 5.77. The first kappa shape index (κ1) is 18.7. The van der Waals surface area contributed by atoms with Gasteiger partial charge in [0, 0.05) is 24.8 Å². The van der Waals surface area contributed by atoms with E-state index < -0.39 is 0 Å². The number of rotatable bonds is 5. The van der Waals surface area contributed by atoms with E-state index in [0.29, 0.717) is 18.0 Å². The zero-order valence-corrected chi connectivity index (χ0v) is 16.5. The fraction of sp³-hybridized carbons (Fsp3) is 0.609. The van der Waals surface area contributed by atoms with E-state index in [1.807, 2.05) is 12.1 Å². The minimum atomic E-state index is -0.200. The third-order valence-corrected chi connectivity index (χ3v) is 6.47. The molecule has 2 aliphatic carbocycles. The molecule has 2 aromatic rings. The summed E-state index contributed by atoms with van der Waals surface area (Å²) in [5.74, 6) is 1.61. The molecule has 146 valence electrons. The maximum atomic E-state index is 13.3. The van der Waals surface area contributed by atoms with Crippen LogP contribution in [0.25, 0.3) is 11.3 Å². The second kappa shape index (κ2) is 8.55. The van der Waals surface area contributed by atoms with E-state index in [-0.39, 0.29) is 5.82 Å². The smallest absolute Gasteiger partial charge is 0.126 e. The Morgan fingerprint density at radius 2 is 1.59 bits per heavy atom. The number of aryl methyl sites for hydroxylation is 1. The molecule has 0 aliphatic heterocycles. The van der Waals surface area contributed by atoms with Gasteiger partial charge < -0.3 is 9.88 Å². The van der Waals surface area contributed by atoms with Gasteiger partial charge in [-0.25, -0.2) is 9.37 Å². The highest BCUT2D eigenvalue weighted by molar-refractivity contribution is 5.58. The van der Waals surface area contributed by atoms with E-state index in [1.54, 1.807) is 0 Å². The van der Waals surface area contributed by atoms with Crippen molar-refractivity contribution in [3.63, 3.8) is 0 Å². The van der Waals surface area contributed by atoms with E-state index in [0.717, 1.165) is 17.1 Å². The van der Waals surface area contributed by atoms with Crippen molar-refractivity contribution >= 4 is 0 Å². The monoisotopic (exact) mass is 369 g/mol. The highest BCUT2D eigenvalue weighted by Gasteiger charge is 2.30. The molecule has 1 atom stereocenters. The zero-order chi connectivity index (χ0) is 18.6. The Bertz CT molecular complexity index is 725. The Balaban J connectivity index is 1.61. The number of hydrogen-bond acceptors (Lipinski definition) is 2. The van der Waals surface area contributed by atoms with E-state index in [9.17, 15) is 4.39 Å². The topological polar surface area (TPSA) is 29.9 Å². The largest absolute Gasteiger partial charge is 0.336 e. The van der Waals surface area contributed by atoms with Crippen LogP contribution in [0.2, 0.25) is 0 Å². The molecule has 2 fully saturated rings. The predicted molar refractivity (Wildman–Crippen MR) is 108 cm³/mol. The van der Waals surface area contributed by atoms with Gasteiger partial charge in [-0.05, 0) is 55.9 Å². The second-order valence-corrected chi connectivity index (χ2v) is 8.48. The van der Waals surface area contributed by atoms with Crippen LogP contribution in [0.15, 0.2) is 30.5 Å². The van der Waals surface area contributed by atoms with Crippen LogP contribution in [0.3, 0.4) is 0 Å². The molecule has 2 saturated carbocycles. The van der Waals surface area contributed by atoms with E-state index in [4.69, 9.17) is 4.98 Å². The quantitative estimate of drug-likeness (QED) is 0.725. The van der Waals surface area contributed by atoms with Gasteiger partial charge in [-0.2, -0.15) is 0 Å². The molecule has 1 heterocycles. The fourth-order valence-electron chi connectivity index (χ4n) is 4.94. The molecule has 1 aromatic carbocycles. The van der Waals surface area contributed by atoms with E-state index >= 15 is 0 Å². The Morgan fingerprint density at radius 1 is 0.963 bits per heavy atom. The van der Waals surface area contributed by atoms with Gasteiger partial charge in [-0.15, -0.1) is 0 Å². The Kier molecular flexibility index (Phi) is 5.92. The Morgan fingerprint density at radius 3 is 2.26 bits per heavy atom. The summed E-state index contributed by atoms with van der Waals surface area (Å²) in [6.07, 6.45) is 15.4. The van der Waals surface area contributed by atoms with Crippen molar-refractivity contribution in [2.45, 2.75) is 76.3 Å². The van der Waals surface area contributed by atoms with Crippen LogP contribution in [0.1, 0.15) is 76.1 Å². The number of aromatic nitrogens is 2. The molecular weight excluding hydrogens is 337 g/mol. The molecule has 0 radical (unpaired) electrons. The molecule has 2 aliphatic rings. The average molecular weight is 370 g/mol. The third kappa shape index (κ3) is 4.43. The summed E-state index contributed by atoms with van der Waals surface area (Å²) >= 11 is 0. The molecule has 3 nitrogen and oxygen atoms in total. The van der Waals surface area contributed by atoms with Crippen molar-refractivity contribution in [3.8, 4) is 11.3 Å². The maximum Gasteiger partial charge on any atom is 0.126 e.